The summed E-state index contributed by atoms with van der Waals surface area (Å²) in [5, 5.41) is 2.02. The van der Waals surface area contributed by atoms with Gasteiger partial charge in [-0.3, -0.25) is 0 Å². The smallest absolute Gasteiger partial charge is 0.163 e. The number of nitrogens with zero attached hydrogens (tertiary/aromatic N) is 1. The number of hydrogen-bond acceptors (Lipinski definition) is 4. The van der Waals surface area contributed by atoms with E-state index in [1.54, 1.807) is 25.6 Å². The van der Waals surface area contributed by atoms with Gasteiger partial charge in [-0.25, -0.2) is 4.98 Å². The summed E-state index contributed by atoms with van der Waals surface area (Å²) in [4.78, 5) is 8.97. The summed E-state index contributed by atoms with van der Waals surface area (Å²) in [6, 6.07) is 5.77. The van der Waals surface area contributed by atoms with Crippen LogP contribution in [0.25, 0.3) is 21.7 Å². The van der Waals surface area contributed by atoms with Crippen LogP contribution in [-0.2, 0) is 0 Å². The van der Waals surface area contributed by atoms with Gasteiger partial charge in [-0.2, -0.15) is 0 Å². The fourth-order valence-corrected chi connectivity index (χ4v) is 3.41. The molecule has 1 N–H and O–H groups in total. The third-order valence-corrected chi connectivity index (χ3v) is 4.66. The first-order chi connectivity index (χ1) is 9.22. The average molecular weight is 339 g/mol. The number of rotatable bonds is 3. The molecule has 0 saturated carbocycles. The number of H-pyrrole nitrogens is 1. The van der Waals surface area contributed by atoms with E-state index in [1.807, 2.05) is 23.6 Å². The number of fused-ring (bicyclic) bond motifs is 1. The van der Waals surface area contributed by atoms with Crippen LogP contribution in [-0.4, -0.2) is 24.2 Å². The molecule has 0 amide bonds. The zero-order chi connectivity index (χ0) is 13.4. The zero-order valence-electron chi connectivity index (χ0n) is 10.4. The van der Waals surface area contributed by atoms with Crippen LogP contribution in [0.2, 0.25) is 0 Å². The van der Waals surface area contributed by atoms with E-state index in [1.165, 1.54) is 0 Å². The van der Waals surface area contributed by atoms with E-state index in [0.29, 0.717) is 11.5 Å². The quantitative estimate of drug-likeness (QED) is 0.782. The Labute approximate surface area is 122 Å². The largest absolute Gasteiger partial charge is 0.493 e. The van der Waals surface area contributed by atoms with E-state index in [-0.39, 0.29) is 0 Å². The molecular weight excluding hydrogens is 328 g/mol. The van der Waals surface area contributed by atoms with Crippen LogP contribution in [0.4, 0.5) is 0 Å². The number of halogens is 1. The van der Waals surface area contributed by atoms with Crippen LogP contribution in [0.5, 0.6) is 11.5 Å². The minimum absolute atomic E-state index is 0.679. The molecule has 0 aliphatic carbocycles. The number of aromatic amines is 1. The highest BCUT2D eigenvalue weighted by molar-refractivity contribution is 9.10. The van der Waals surface area contributed by atoms with Crippen LogP contribution >= 0.6 is 27.3 Å². The number of nitrogens with one attached hydrogen (secondary N) is 1. The zero-order valence-corrected chi connectivity index (χ0v) is 12.8. The van der Waals surface area contributed by atoms with E-state index in [0.717, 1.165) is 26.2 Å². The predicted molar refractivity (Wildman–Crippen MR) is 80.2 cm³/mol. The average Bonchev–Trinajstić information content (AvgIpc) is 3.01. The van der Waals surface area contributed by atoms with Gasteiger partial charge in [0.2, 0.25) is 0 Å². The first kappa shape index (κ1) is 12.5. The van der Waals surface area contributed by atoms with E-state index < -0.39 is 0 Å². The van der Waals surface area contributed by atoms with Crippen LogP contribution in [0.3, 0.4) is 0 Å². The second kappa shape index (κ2) is 4.86. The van der Waals surface area contributed by atoms with Gasteiger partial charge in [0.05, 0.1) is 30.1 Å². The molecule has 0 aliphatic heterocycles. The summed E-state index contributed by atoms with van der Waals surface area (Å²) in [5.41, 5.74) is 1.78. The van der Waals surface area contributed by atoms with E-state index in [2.05, 4.69) is 25.9 Å². The summed E-state index contributed by atoms with van der Waals surface area (Å²) < 4.78 is 11.6. The lowest BCUT2D eigenvalue weighted by Crippen LogP contribution is -1.89. The lowest BCUT2D eigenvalue weighted by molar-refractivity contribution is 0.356. The Hall–Kier alpha value is -1.53. The standard InChI is InChI=1S/C13H11BrN2O2S/c1-17-10-5-8-9(6-11(10)18-2)16-13(15-8)12-7(14)3-4-19-12/h3-6H,1-2H3,(H,15,16). The molecule has 2 heterocycles. The molecule has 3 aromatic rings. The van der Waals surface area contributed by atoms with Crippen molar-refractivity contribution >= 4 is 38.3 Å². The molecule has 2 aromatic heterocycles. The van der Waals surface area contributed by atoms with Crippen LogP contribution in [0.15, 0.2) is 28.1 Å². The van der Waals surface area contributed by atoms with Crippen molar-refractivity contribution in [2.75, 3.05) is 14.2 Å². The number of benzene rings is 1. The highest BCUT2D eigenvalue weighted by Gasteiger charge is 2.13. The van der Waals surface area contributed by atoms with Crippen LogP contribution in [0.1, 0.15) is 0 Å². The molecule has 0 unspecified atom stereocenters. The molecule has 0 saturated heterocycles. The van der Waals surface area contributed by atoms with Crippen LogP contribution in [0, 0.1) is 0 Å². The van der Waals surface area contributed by atoms with Crippen molar-refractivity contribution in [1.29, 1.82) is 0 Å². The number of ether oxygens (including phenoxy) is 2. The Morgan fingerprint density at radius 2 is 1.95 bits per heavy atom. The number of methoxy groups -OCH3 is 2. The summed E-state index contributed by atoms with van der Waals surface area (Å²) in [6.07, 6.45) is 0. The van der Waals surface area contributed by atoms with Gasteiger partial charge in [0, 0.05) is 16.6 Å². The third kappa shape index (κ3) is 2.11. The second-order valence-corrected chi connectivity index (χ2v) is 5.68. The Balaban J connectivity index is 2.18. The fourth-order valence-electron chi connectivity index (χ4n) is 1.91. The number of hydrogen-bond donors (Lipinski definition) is 1. The minimum Gasteiger partial charge on any atom is -0.493 e. The predicted octanol–water partition coefficient (Wildman–Crippen LogP) is 4.07. The van der Waals surface area contributed by atoms with Gasteiger partial charge in [0.1, 0.15) is 5.82 Å². The molecule has 0 spiro atoms. The Morgan fingerprint density at radius 1 is 1.21 bits per heavy atom. The van der Waals surface area contributed by atoms with Crippen molar-refractivity contribution in [1.82, 2.24) is 9.97 Å². The van der Waals surface area contributed by atoms with E-state index in [4.69, 9.17) is 9.47 Å². The Bertz CT molecular complexity index is 694. The van der Waals surface area contributed by atoms with E-state index in [9.17, 15) is 0 Å². The molecule has 0 radical (unpaired) electrons. The van der Waals surface area contributed by atoms with Crippen molar-refractivity contribution in [2.45, 2.75) is 0 Å². The monoisotopic (exact) mass is 338 g/mol. The molecule has 98 valence electrons. The second-order valence-electron chi connectivity index (χ2n) is 3.91. The van der Waals surface area contributed by atoms with Gasteiger partial charge in [-0.15, -0.1) is 11.3 Å². The van der Waals surface area contributed by atoms with Crippen molar-refractivity contribution in [3.63, 3.8) is 0 Å². The van der Waals surface area contributed by atoms with Crippen LogP contribution < -0.4 is 9.47 Å². The van der Waals surface area contributed by atoms with Gasteiger partial charge in [0.25, 0.3) is 0 Å². The minimum atomic E-state index is 0.679. The lowest BCUT2D eigenvalue weighted by atomic mass is 10.3. The SMILES string of the molecule is COc1cc2nc(-c3sccc3Br)[nH]c2cc1OC. The first-order valence-electron chi connectivity index (χ1n) is 5.58. The van der Waals surface area contributed by atoms with Crippen molar-refractivity contribution in [3.05, 3.63) is 28.1 Å². The first-order valence-corrected chi connectivity index (χ1v) is 7.25. The van der Waals surface area contributed by atoms with Gasteiger partial charge >= 0.3 is 0 Å². The maximum Gasteiger partial charge on any atom is 0.163 e. The lowest BCUT2D eigenvalue weighted by Gasteiger charge is -2.06. The summed E-state index contributed by atoms with van der Waals surface area (Å²) >= 11 is 5.15. The Morgan fingerprint density at radius 3 is 2.58 bits per heavy atom. The molecule has 0 aliphatic rings. The van der Waals surface area contributed by atoms with Gasteiger partial charge in [-0.1, -0.05) is 0 Å². The number of aromatic nitrogens is 2. The molecule has 4 nitrogen and oxygen atoms in total. The molecule has 0 bridgehead atoms. The summed E-state index contributed by atoms with van der Waals surface area (Å²) in [6.45, 7) is 0. The summed E-state index contributed by atoms with van der Waals surface area (Å²) in [7, 11) is 3.24. The van der Waals surface area contributed by atoms with Gasteiger partial charge in [-0.05, 0) is 27.4 Å². The van der Waals surface area contributed by atoms with Crippen molar-refractivity contribution in [2.24, 2.45) is 0 Å². The third-order valence-electron chi connectivity index (χ3n) is 2.82. The van der Waals surface area contributed by atoms with Crippen molar-refractivity contribution in [3.8, 4) is 22.2 Å². The molecule has 1 aromatic carbocycles. The molecule has 0 fully saturated rings. The topological polar surface area (TPSA) is 47.1 Å². The Kier molecular flexibility index (Phi) is 3.20. The molecule has 0 atom stereocenters. The summed E-state index contributed by atoms with van der Waals surface area (Å²) in [5.74, 6) is 2.21. The van der Waals surface area contributed by atoms with Gasteiger partial charge in [0.15, 0.2) is 11.5 Å². The van der Waals surface area contributed by atoms with Crippen molar-refractivity contribution < 1.29 is 9.47 Å². The molecule has 3 rings (SSSR count). The van der Waals surface area contributed by atoms with E-state index >= 15 is 0 Å². The highest BCUT2D eigenvalue weighted by atomic mass is 79.9. The molecule has 6 heteroatoms. The molecule has 19 heavy (non-hydrogen) atoms. The highest BCUT2D eigenvalue weighted by Crippen LogP contribution is 2.36. The van der Waals surface area contributed by atoms with Gasteiger partial charge < -0.3 is 14.5 Å². The maximum atomic E-state index is 5.29. The maximum absolute atomic E-state index is 5.29. The fraction of sp³-hybridized carbons (Fsp3) is 0.154. The number of thiophene rings is 1. The number of imidazole rings is 1. The molecular formula is C13H11BrN2O2S. The normalized spacial score (nSPS) is 10.9.